The van der Waals surface area contributed by atoms with Gasteiger partial charge in [0.2, 0.25) is 5.91 Å². The number of thiophene rings is 1. The van der Waals surface area contributed by atoms with E-state index in [0.29, 0.717) is 6.54 Å². The molecule has 7 heteroatoms. The van der Waals surface area contributed by atoms with Gasteiger partial charge in [0, 0.05) is 32.5 Å². The zero-order valence-electron chi connectivity index (χ0n) is 15.9. The maximum Gasteiger partial charge on any atom is 0.243 e. The third-order valence-electron chi connectivity index (χ3n) is 4.50. The summed E-state index contributed by atoms with van der Waals surface area (Å²) < 4.78 is 2.93. The molecule has 3 aromatic rings. The lowest BCUT2D eigenvalue weighted by molar-refractivity contribution is -0.125. The highest BCUT2D eigenvalue weighted by Gasteiger charge is 2.25. The van der Waals surface area contributed by atoms with Crippen molar-refractivity contribution in [3.05, 3.63) is 68.1 Å². The molecule has 0 saturated heterocycles. The zero-order valence-corrected chi connectivity index (χ0v) is 18.3. The third kappa shape index (κ3) is 4.31. The summed E-state index contributed by atoms with van der Waals surface area (Å²) in [6.07, 6.45) is 0. The molecule has 1 N–H and O–H groups in total. The Hall–Kier alpha value is -1.96. The van der Waals surface area contributed by atoms with E-state index < -0.39 is 0 Å². The van der Waals surface area contributed by atoms with Crippen LogP contribution >= 0.6 is 27.3 Å². The van der Waals surface area contributed by atoms with Gasteiger partial charge in [-0.25, -0.2) is 4.68 Å². The fourth-order valence-corrected chi connectivity index (χ4v) is 4.75. The highest BCUT2D eigenvalue weighted by atomic mass is 79.9. The molecular weight excluding hydrogens is 424 g/mol. The van der Waals surface area contributed by atoms with Crippen LogP contribution in [0.3, 0.4) is 0 Å². The zero-order chi connectivity index (χ0) is 19.6. The molecule has 0 aliphatic carbocycles. The number of benzene rings is 1. The summed E-state index contributed by atoms with van der Waals surface area (Å²) in [5.74, 6) is -0.0133. The van der Waals surface area contributed by atoms with Gasteiger partial charge in [-0.3, -0.25) is 9.69 Å². The largest absolute Gasteiger partial charge is 0.350 e. The molecule has 0 saturated carbocycles. The molecular formula is C20H23BrN4OS. The number of nitrogens with zero attached hydrogens (tertiary/aromatic N) is 3. The quantitative estimate of drug-likeness (QED) is 0.615. The number of carbonyl (C=O) groups is 1. The van der Waals surface area contributed by atoms with E-state index in [1.807, 2.05) is 79.3 Å². The molecule has 27 heavy (non-hydrogen) atoms. The van der Waals surface area contributed by atoms with Crippen LogP contribution in [0.4, 0.5) is 0 Å². The van der Waals surface area contributed by atoms with Gasteiger partial charge in [0.25, 0.3) is 0 Å². The molecule has 0 spiro atoms. The second-order valence-corrected chi connectivity index (χ2v) is 8.51. The van der Waals surface area contributed by atoms with E-state index in [-0.39, 0.29) is 11.9 Å². The summed E-state index contributed by atoms with van der Waals surface area (Å²) in [6.45, 7) is 4.47. The van der Waals surface area contributed by atoms with Crippen molar-refractivity contribution < 1.29 is 4.79 Å². The summed E-state index contributed by atoms with van der Waals surface area (Å²) in [6, 6.07) is 11.7. The molecule has 1 atom stereocenters. The topological polar surface area (TPSA) is 50.2 Å². The van der Waals surface area contributed by atoms with Crippen molar-refractivity contribution in [1.82, 2.24) is 20.0 Å². The average molecular weight is 447 g/mol. The number of aromatic nitrogens is 2. The lowest BCUT2D eigenvalue weighted by Gasteiger charge is -2.22. The number of likely N-dealkylation sites (N-methyl/N-ethyl adjacent to an activating group) is 1. The fourth-order valence-electron chi connectivity index (χ4n) is 3.11. The number of amides is 1. The van der Waals surface area contributed by atoms with Gasteiger partial charge in [-0.15, -0.1) is 11.3 Å². The molecule has 0 aliphatic heterocycles. The van der Waals surface area contributed by atoms with Crippen LogP contribution in [-0.4, -0.2) is 34.7 Å². The van der Waals surface area contributed by atoms with Crippen molar-refractivity contribution in [2.45, 2.75) is 26.4 Å². The van der Waals surface area contributed by atoms with E-state index in [4.69, 9.17) is 0 Å². The molecule has 0 fully saturated rings. The van der Waals surface area contributed by atoms with Crippen LogP contribution in [0.2, 0.25) is 0 Å². The van der Waals surface area contributed by atoms with Crippen LogP contribution in [0, 0.1) is 13.8 Å². The van der Waals surface area contributed by atoms with Crippen molar-refractivity contribution in [1.29, 1.82) is 0 Å². The van der Waals surface area contributed by atoms with E-state index in [0.717, 1.165) is 32.0 Å². The predicted molar refractivity (Wildman–Crippen MR) is 113 cm³/mol. The number of aryl methyl sites for hydroxylation is 1. The minimum atomic E-state index is -0.314. The number of nitrogens with one attached hydrogen (secondary N) is 1. The monoisotopic (exact) mass is 446 g/mol. The van der Waals surface area contributed by atoms with E-state index in [2.05, 4.69) is 26.3 Å². The van der Waals surface area contributed by atoms with Crippen LogP contribution in [0.15, 0.2) is 46.3 Å². The van der Waals surface area contributed by atoms with Gasteiger partial charge in [0.15, 0.2) is 0 Å². The molecule has 3 rings (SSSR count). The average Bonchev–Trinajstić information content (AvgIpc) is 3.17. The molecule has 2 aromatic heterocycles. The Morgan fingerprint density at radius 1 is 1.30 bits per heavy atom. The molecule has 142 valence electrons. The van der Waals surface area contributed by atoms with Crippen molar-refractivity contribution in [3.63, 3.8) is 0 Å². The number of hydrogen-bond donors (Lipinski definition) is 1. The number of carbonyl (C=O) groups excluding carboxylic acids is 1. The van der Waals surface area contributed by atoms with E-state index in [9.17, 15) is 4.79 Å². The molecule has 0 bridgehead atoms. The minimum Gasteiger partial charge on any atom is -0.350 e. The third-order valence-corrected chi connectivity index (χ3v) is 6.25. The van der Waals surface area contributed by atoms with Crippen molar-refractivity contribution in [2.75, 3.05) is 14.1 Å². The van der Waals surface area contributed by atoms with Crippen molar-refractivity contribution in [2.24, 2.45) is 0 Å². The lowest BCUT2D eigenvalue weighted by atomic mass is 10.1. The van der Waals surface area contributed by atoms with Crippen LogP contribution in [-0.2, 0) is 11.3 Å². The first kappa shape index (κ1) is 19.8. The summed E-state index contributed by atoms with van der Waals surface area (Å²) in [7, 11) is 3.84. The second kappa shape index (κ2) is 8.37. The second-order valence-electron chi connectivity index (χ2n) is 6.65. The first-order valence-corrected chi connectivity index (χ1v) is 10.3. The normalized spacial score (nSPS) is 12.4. The van der Waals surface area contributed by atoms with Crippen LogP contribution in [0.5, 0.6) is 0 Å². The van der Waals surface area contributed by atoms with E-state index in [1.165, 1.54) is 0 Å². The molecule has 1 aromatic carbocycles. The molecule has 5 nitrogen and oxygen atoms in total. The lowest BCUT2D eigenvalue weighted by Crippen LogP contribution is -2.36. The summed E-state index contributed by atoms with van der Waals surface area (Å²) in [5, 5.41) is 9.74. The van der Waals surface area contributed by atoms with Crippen molar-refractivity contribution >= 4 is 33.2 Å². The molecule has 0 unspecified atom stereocenters. The van der Waals surface area contributed by atoms with Gasteiger partial charge in [-0.2, -0.15) is 5.10 Å². The maximum absolute atomic E-state index is 12.9. The maximum atomic E-state index is 12.9. The minimum absolute atomic E-state index is 0.0133. The van der Waals surface area contributed by atoms with Crippen LogP contribution in [0.1, 0.15) is 27.9 Å². The summed E-state index contributed by atoms with van der Waals surface area (Å²) in [5.41, 5.74) is 4.04. The van der Waals surface area contributed by atoms with Gasteiger partial charge in [0.1, 0.15) is 6.04 Å². The van der Waals surface area contributed by atoms with Gasteiger partial charge >= 0.3 is 0 Å². The number of rotatable bonds is 6. The Morgan fingerprint density at radius 2 is 2.00 bits per heavy atom. The van der Waals surface area contributed by atoms with E-state index in [1.54, 1.807) is 11.3 Å². The van der Waals surface area contributed by atoms with Crippen molar-refractivity contribution in [3.8, 4) is 5.69 Å². The Morgan fingerprint density at radius 3 is 2.59 bits per heavy atom. The Kier molecular flexibility index (Phi) is 6.14. The first-order chi connectivity index (χ1) is 12.9. The van der Waals surface area contributed by atoms with Crippen LogP contribution in [0.25, 0.3) is 5.69 Å². The Labute approximate surface area is 172 Å². The Bertz CT molecular complexity index is 933. The van der Waals surface area contributed by atoms with Gasteiger partial charge in [0.05, 0.1) is 11.4 Å². The summed E-state index contributed by atoms with van der Waals surface area (Å²) >= 11 is 5.05. The fraction of sp³-hybridized carbons (Fsp3) is 0.300. The van der Waals surface area contributed by atoms with Crippen LogP contribution < -0.4 is 5.32 Å². The number of para-hydroxylation sites is 1. The number of halogens is 1. The SMILES string of the molecule is Cc1nn(-c2ccccc2)c(C)c1CNC(=O)[C@@H](c1cc(Br)cs1)N(C)C. The highest BCUT2D eigenvalue weighted by molar-refractivity contribution is 9.10. The van der Waals surface area contributed by atoms with Gasteiger partial charge in [-0.1, -0.05) is 18.2 Å². The Balaban J connectivity index is 1.78. The smallest absolute Gasteiger partial charge is 0.243 e. The molecule has 0 aliphatic rings. The number of hydrogen-bond acceptors (Lipinski definition) is 4. The molecule has 0 radical (unpaired) electrons. The van der Waals surface area contributed by atoms with Gasteiger partial charge in [-0.05, 0) is 62.1 Å². The first-order valence-electron chi connectivity index (χ1n) is 8.67. The summed E-state index contributed by atoms with van der Waals surface area (Å²) in [4.78, 5) is 15.8. The molecule has 1 amide bonds. The predicted octanol–water partition coefficient (Wildman–Crippen LogP) is 4.23. The highest BCUT2D eigenvalue weighted by Crippen LogP contribution is 2.28. The standard InChI is InChI=1S/C20H23BrN4OS/c1-13-17(14(2)25(23-13)16-8-6-5-7-9-16)11-22-20(26)19(24(3)4)18-10-15(21)12-27-18/h5-10,12,19H,11H2,1-4H3,(H,22,26)/t19-/m1/s1. The molecule has 2 heterocycles. The van der Waals surface area contributed by atoms with Gasteiger partial charge < -0.3 is 5.32 Å². The van der Waals surface area contributed by atoms with E-state index >= 15 is 0 Å².